The SMILES string of the molecule is CCC1CCCC1Nc1cccc(CN(C)C)c1. The Balaban J connectivity index is 2.00. The molecule has 0 bridgehead atoms. The van der Waals surface area contributed by atoms with Gasteiger partial charge in [-0.2, -0.15) is 0 Å². The molecular formula is C16H26N2. The molecule has 1 aromatic rings. The van der Waals surface area contributed by atoms with Crippen LogP contribution in [-0.2, 0) is 6.54 Å². The third-order valence-electron chi connectivity index (χ3n) is 3.96. The van der Waals surface area contributed by atoms with Crippen LogP contribution < -0.4 is 5.32 Å². The number of nitrogens with one attached hydrogen (secondary N) is 1. The molecule has 2 unspecified atom stereocenters. The molecule has 0 amide bonds. The van der Waals surface area contributed by atoms with Crippen molar-refractivity contribution in [3.63, 3.8) is 0 Å². The second-order valence-electron chi connectivity index (χ2n) is 5.79. The van der Waals surface area contributed by atoms with E-state index in [1.54, 1.807) is 0 Å². The van der Waals surface area contributed by atoms with Gasteiger partial charge in [0.15, 0.2) is 0 Å². The van der Waals surface area contributed by atoms with Crippen LogP contribution in [0.4, 0.5) is 5.69 Å². The van der Waals surface area contributed by atoms with Crippen molar-refractivity contribution in [3.05, 3.63) is 29.8 Å². The molecule has 18 heavy (non-hydrogen) atoms. The van der Waals surface area contributed by atoms with Crippen molar-refractivity contribution >= 4 is 5.69 Å². The first kappa shape index (κ1) is 13.4. The summed E-state index contributed by atoms with van der Waals surface area (Å²) in [5, 5.41) is 3.74. The molecule has 1 saturated carbocycles. The van der Waals surface area contributed by atoms with Gasteiger partial charge in [0, 0.05) is 18.3 Å². The minimum absolute atomic E-state index is 0.685. The van der Waals surface area contributed by atoms with E-state index >= 15 is 0 Å². The molecule has 2 heteroatoms. The average molecular weight is 246 g/mol. The number of nitrogens with zero attached hydrogens (tertiary/aromatic N) is 1. The Hall–Kier alpha value is -1.02. The highest BCUT2D eigenvalue weighted by atomic mass is 15.0. The zero-order valence-corrected chi connectivity index (χ0v) is 11.9. The van der Waals surface area contributed by atoms with Gasteiger partial charge in [0.1, 0.15) is 0 Å². The first-order valence-corrected chi connectivity index (χ1v) is 7.19. The largest absolute Gasteiger partial charge is 0.382 e. The number of anilines is 1. The second-order valence-corrected chi connectivity index (χ2v) is 5.79. The fourth-order valence-corrected chi connectivity index (χ4v) is 3.05. The zero-order chi connectivity index (χ0) is 13.0. The molecule has 100 valence electrons. The van der Waals surface area contributed by atoms with Crippen LogP contribution in [0.5, 0.6) is 0 Å². The van der Waals surface area contributed by atoms with Crippen LogP contribution >= 0.6 is 0 Å². The van der Waals surface area contributed by atoms with E-state index in [1.807, 2.05) is 0 Å². The molecule has 1 N–H and O–H groups in total. The standard InChI is InChI=1S/C16H26N2/c1-4-14-8-6-10-16(14)17-15-9-5-7-13(11-15)12-18(2)3/h5,7,9,11,14,16-17H,4,6,8,10,12H2,1-3H3. The quantitative estimate of drug-likeness (QED) is 0.851. The Morgan fingerprint density at radius 1 is 1.28 bits per heavy atom. The highest BCUT2D eigenvalue weighted by Crippen LogP contribution is 2.30. The third kappa shape index (κ3) is 3.49. The fourth-order valence-electron chi connectivity index (χ4n) is 3.05. The summed E-state index contributed by atoms with van der Waals surface area (Å²) in [4.78, 5) is 2.21. The van der Waals surface area contributed by atoms with E-state index in [1.165, 1.54) is 36.9 Å². The van der Waals surface area contributed by atoms with E-state index in [4.69, 9.17) is 0 Å². The summed E-state index contributed by atoms with van der Waals surface area (Å²) in [6.07, 6.45) is 5.41. The molecule has 0 saturated heterocycles. The van der Waals surface area contributed by atoms with Gasteiger partial charge in [0.05, 0.1) is 0 Å². The Bertz CT molecular complexity index is 373. The van der Waals surface area contributed by atoms with Crippen LogP contribution in [0, 0.1) is 5.92 Å². The maximum Gasteiger partial charge on any atom is 0.0345 e. The maximum atomic E-state index is 3.74. The fraction of sp³-hybridized carbons (Fsp3) is 0.625. The van der Waals surface area contributed by atoms with Crippen LogP contribution in [-0.4, -0.2) is 25.0 Å². The van der Waals surface area contributed by atoms with Crippen molar-refractivity contribution in [2.75, 3.05) is 19.4 Å². The normalized spacial score (nSPS) is 23.6. The van der Waals surface area contributed by atoms with E-state index < -0.39 is 0 Å². The van der Waals surface area contributed by atoms with Gasteiger partial charge in [-0.15, -0.1) is 0 Å². The lowest BCUT2D eigenvalue weighted by atomic mass is 10.0. The van der Waals surface area contributed by atoms with Crippen molar-refractivity contribution < 1.29 is 0 Å². The molecule has 1 fully saturated rings. The van der Waals surface area contributed by atoms with Crippen molar-refractivity contribution in [2.45, 2.75) is 45.2 Å². The summed E-state index contributed by atoms with van der Waals surface area (Å²) in [5.41, 5.74) is 2.68. The van der Waals surface area contributed by atoms with E-state index in [0.29, 0.717) is 6.04 Å². The van der Waals surface area contributed by atoms with Gasteiger partial charge in [0.2, 0.25) is 0 Å². The van der Waals surface area contributed by atoms with Crippen LogP contribution in [0.15, 0.2) is 24.3 Å². The summed E-state index contributed by atoms with van der Waals surface area (Å²) >= 11 is 0. The molecule has 1 aliphatic carbocycles. The van der Waals surface area contributed by atoms with Gasteiger partial charge in [0.25, 0.3) is 0 Å². The lowest BCUT2D eigenvalue weighted by Crippen LogP contribution is -2.23. The molecule has 2 rings (SSSR count). The molecule has 1 aliphatic rings. The molecule has 0 aliphatic heterocycles. The summed E-state index contributed by atoms with van der Waals surface area (Å²) in [6, 6.07) is 9.55. The lowest BCUT2D eigenvalue weighted by molar-refractivity contribution is 0.402. The van der Waals surface area contributed by atoms with Crippen molar-refractivity contribution in [3.8, 4) is 0 Å². The highest BCUT2D eigenvalue weighted by molar-refractivity contribution is 5.46. The molecule has 0 heterocycles. The van der Waals surface area contributed by atoms with Gasteiger partial charge in [-0.25, -0.2) is 0 Å². The second kappa shape index (κ2) is 6.24. The third-order valence-corrected chi connectivity index (χ3v) is 3.96. The summed E-state index contributed by atoms with van der Waals surface area (Å²) < 4.78 is 0. The Kier molecular flexibility index (Phi) is 4.65. The topological polar surface area (TPSA) is 15.3 Å². The van der Waals surface area contributed by atoms with Crippen LogP contribution in [0.2, 0.25) is 0 Å². The summed E-state index contributed by atoms with van der Waals surface area (Å²) in [6.45, 7) is 3.32. The Labute approximate surface area is 111 Å². The smallest absolute Gasteiger partial charge is 0.0345 e. The number of rotatable bonds is 5. The van der Waals surface area contributed by atoms with Gasteiger partial charge in [-0.3, -0.25) is 0 Å². The first-order valence-electron chi connectivity index (χ1n) is 7.19. The van der Waals surface area contributed by atoms with Gasteiger partial charge >= 0.3 is 0 Å². The van der Waals surface area contributed by atoms with E-state index in [2.05, 4.69) is 55.5 Å². The molecule has 0 radical (unpaired) electrons. The predicted octanol–water partition coefficient (Wildman–Crippen LogP) is 3.74. The zero-order valence-electron chi connectivity index (χ0n) is 11.9. The van der Waals surface area contributed by atoms with Crippen molar-refractivity contribution in [2.24, 2.45) is 5.92 Å². The first-order chi connectivity index (χ1) is 8.69. The monoisotopic (exact) mass is 246 g/mol. The number of hydrogen-bond acceptors (Lipinski definition) is 2. The molecule has 2 atom stereocenters. The van der Waals surface area contributed by atoms with Gasteiger partial charge < -0.3 is 10.2 Å². The molecular weight excluding hydrogens is 220 g/mol. The Morgan fingerprint density at radius 2 is 2.11 bits per heavy atom. The van der Waals surface area contributed by atoms with E-state index in [-0.39, 0.29) is 0 Å². The number of hydrogen-bond donors (Lipinski definition) is 1. The van der Waals surface area contributed by atoms with Gasteiger partial charge in [-0.1, -0.05) is 31.9 Å². The van der Waals surface area contributed by atoms with Crippen molar-refractivity contribution in [1.82, 2.24) is 4.90 Å². The van der Waals surface area contributed by atoms with Crippen LogP contribution in [0.1, 0.15) is 38.2 Å². The highest BCUT2D eigenvalue weighted by Gasteiger charge is 2.25. The molecule has 0 aromatic heterocycles. The average Bonchev–Trinajstić information content (AvgIpc) is 2.76. The van der Waals surface area contributed by atoms with Crippen molar-refractivity contribution in [1.29, 1.82) is 0 Å². The molecule has 1 aromatic carbocycles. The minimum Gasteiger partial charge on any atom is -0.382 e. The predicted molar refractivity (Wildman–Crippen MR) is 78.9 cm³/mol. The van der Waals surface area contributed by atoms with E-state index in [9.17, 15) is 0 Å². The van der Waals surface area contributed by atoms with Gasteiger partial charge in [-0.05, 0) is 50.6 Å². The number of benzene rings is 1. The Morgan fingerprint density at radius 3 is 2.83 bits per heavy atom. The van der Waals surface area contributed by atoms with Crippen LogP contribution in [0.25, 0.3) is 0 Å². The van der Waals surface area contributed by atoms with Crippen LogP contribution in [0.3, 0.4) is 0 Å². The summed E-state index contributed by atoms with van der Waals surface area (Å²) in [5.74, 6) is 0.863. The molecule has 2 nitrogen and oxygen atoms in total. The maximum absolute atomic E-state index is 3.74. The molecule has 0 spiro atoms. The minimum atomic E-state index is 0.685. The van der Waals surface area contributed by atoms with E-state index in [0.717, 1.165) is 12.5 Å². The summed E-state index contributed by atoms with van der Waals surface area (Å²) in [7, 11) is 4.23. The lowest BCUT2D eigenvalue weighted by Gasteiger charge is -2.21.